The number of halogens is 1. The van der Waals surface area contributed by atoms with Crippen LogP contribution in [0.25, 0.3) is 0 Å². The van der Waals surface area contributed by atoms with Crippen molar-refractivity contribution in [3.05, 3.63) is 29.3 Å². The van der Waals surface area contributed by atoms with Crippen molar-refractivity contribution in [1.82, 2.24) is 5.32 Å². The Balaban J connectivity index is 0.00000324. The van der Waals surface area contributed by atoms with E-state index in [4.69, 9.17) is 5.73 Å². The van der Waals surface area contributed by atoms with E-state index < -0.39 is 0 Å². The van der Waals surface area contributed by atoms with Crippen molar-refractivity contribution in [3.8, 4) is 0 Å². The van der Waals surface area contributed by atoms with Gasteiger partial charge in [0.2, 0.25) is 5.91 Å². The van der Waals surface area contributed by atoms with Crippen LogP contribution in [-0.4, -0.2) is 24.4 Å². The van der Waals surface area contributed by atoms with E-state index in [0.29, 0.717) is 11.3 Å². The number of amides is 2. The van der Waals surface area contributed by atoms with Gasteiger partial charge in [0, 0.05) is 17.3 Å². The average Bonchev–Trinajstić information content (AvgIpc) is 2.30. The van der Waals surface area contributed by atoms with Gasteiger partial charge in [-0.3, -0.25) is 9.59 Å². The minimum Gasteiger partial charge on any atom is -0.350 e. The lowest BCUT2D eigenvalue weighted by Crippen LogP contribution is -2.30. The highest BCUT2D eigenvalue weighted by atomic mass is 35.5. The summed E-state index contributed by atoms with van der Waals surface area (Å²) in [5.74, 6) is -0.373. The molecule has 0 aliphatic rings. The molecule has 0 aromatic heterocycles. The first kappa shape index (κ1) is 17.4. The number of nitrogens with one attached hydrogen (secondary N) is 2. The summed E-state index contributed by atoms with van der Waals surface area (Å²) in [6.07, 6.45) is 0. The molecule has 106 valence electrons. The summed E-state index contributed by atoms with van der Waals surface area (Å²) >= 11 is 0. The summed E-state index contributed by atoms with van der Waals surface area (Å²) in [5.41, 5.74) is 7.30. The number of anilines is 1. The molecule has 0 aliphatic heterocycles. The van der Waals surface area contributed by atoms with Crippen LogP contribution in [0.2, 0.25) is 0 Å². The fraction of sp³-hybridized carbons (Fsp3) is 0.385. The lowest BCUT2D eigenvalue weighted by molar-refractivity contribution is -0.114. The van der Waals surface area contributed by atoms with E-state index >= 15 is 0 Å². The topological polar surface area (TPSA) is 84.2 Å². The Morgan fingerprint density at radius 3 is 2.42 bits per heavy atom. The van der Waals surface area contributed by atoms with Gasteiger partial charge < -0.3 is 16.4 Å². The van der Waals surface area contributed by atoms with Crippen LogP contribution in [0.4, 0.5) is 5.69 Å². The zero-order chi connectivity index (χ0) is 13.7. The first-order chi connectivity index (χ1) is 8.43. The molecule has 2 amide bonds. The van der Waals surface area contributed by atoms with E-state index in [-0.39, 0.29) is 36.8 Å². The van der Waals surface area contributed by atoms with Gasteiger partial charge in [-0.15, -0.1) is 12.4 Å². The Morgan fingerprint density at radius 2 is 1.95 bits per heavy atom. The van der Waals surface area contributed by atoms with Gasteiger partial charge in [0.25, 0.3) is 5.91 Å². The zero-order valence-electron chi connectivity index (χ0n) is 11.3. The van der Waals surface area contributed by atoms with Crippen LogP contribution >= 0.6 is 12.4 Å². The van der Waals surface area contributed by atoms with Gasteiger partial charge in [-0.1, -0.05) is 0 Å². The summed E-state index contributed by atoms with van der Waals surface area (Å²) < 4.78 is 0. The van der Waals surface area contributed by atoms with E-state index in [9.17, 15) is 9.59 Å². The number of aryl methyl sites for hydroxylation is 1. The highest BCUT2D eigenvalue weighted by Gasteiger charge is 2.09. The van der Waals surface area contributed by atoms with Gasteiger partial charge in [-0.05, 0) is 44.5 Å². The third-order valence-electron chi connectivity index (χ3n) is 2.37. The first-order valence-electron chi connectivity index (χ1n) is 5.85. The molecule has 0 fully saturated rings. The number of nitrogens with two attached hydrogens (primary N) is 1. The van der Waals surface area contributed by atoms with Gasteiger partial charge in [-0.2, -0.15) is 0 Å². The molecule has 0 saturated carbocycles. The molecular weight excluding hydrogens is 266 g/mol. The molecule has 1 aromatic carbocycles. The molecule has 0 unspecified atom stereocenters. The molecule has 6 heteroatoms. The number of benzene rings is 1. The predicted molar refractivity (Wildman–Crippen MR) is 78.7 cm³/mol. The Morgan fingerprint density at radius 1 is 1.32 bits per heavy atom. The second-order valence-corrected chi connectivity index (χ2v) is 4.41. The van der Waals surface area contributed by atoms with Crippen LogP contribution in [0.1, 0.15) is 29.8 Å². The number of rotatable bonds is 4. The number of hydrogen-bond acceptors (Lipinski definition) is 3. The Bertz CT molecular complexity index is 461. The van der Waals surface area contributed by atoms with E-state index in [1.807, 2.05) is 20.8 Å². The smallest absolute Gasteiger partial charge is 0.251 e. The Hall–Kier alpha value is -1.59. The normalized spacial score (nSPS) is 9.74. The summed E-state index contributed by atoms with van der Waals surface area (Å²) in [4.78, 5) is 23.0. The van der Waals surface area contributed by atoms with Crippen molar-refractivity contribution >= 4 is 29.9 Å². The summed E-state index contributed by atoms with van der Waals surface area (Å²) in [6, 6.07) is 5.22. The third kappa shape index (κ3) is 5.28. The lowest BCUT2D eigenvalue weighted by Gasteiger charge is -2.11. The Kier molecular flexibility index (Phi) is 7.11. The maximum Gasteiger partial charge on any atom is 0.251 e. The van der Waals surface area contributed by atoms with Crippen molar-refractivity contribution in [1.29, 1.82) is 0 Å². The molecule has 0 heterocycles. The van der Waals surface area contributed by atoms with Crippen molar-refractivity contribution in [3.63, 3.8) is 0 Å². The molecule has 0 atom stereocenters. The van der Waals surface area contributed by atoms with Crippen molar-refractivity contribution in [2.75, 3.05) is 11.9 Å². The van der Waals surface area contributed by atoms with Gasteiger partial charge in [0.1, 0.15) is 0 Å². The van der Waals surface area contributed by atoms with E-state index in [0.717, 1.165) is 5.56 Å². The van der Waals surface area contributed by atoms with Gasteiger partial charge in [0.15, 0.2) is 0 Å². The number of carbonyl (C=O) groups is 2. The van der Waals surface area contributed by atoms with Crippen molar-refractivity contribution in [2.24, 2.45) is 5.73 Å². The quantitative estimate of drug-likeness (QED) is 0.783. The highest BCUT2D eigenvalue weighted by Crippen LogP contribution is 2.16. The average molecular weight is 286 g/mol. The fourth-order valence-corrected chi connectivity index (χ4v) is 1.49. The lowest BCUT2D eigenvalue weighted by atomic mass is 10.1. The van der Waals surface area contributed by atoms with E-state index in [2.05, 4.69) is 10.6 Å². The molecule has 4 N–H and O–H groups in total. The number of hydrogen-bond donors (Lipinski definition) is 3. The zero-order valence-corrected chi connectivity index (χ0v) is 12.1. The predicted octanol–water partition coefficient (Wildman–Crippen LogP) is 1.45. The third-order valence-corrected chi connectivity index (χ3v) is 2.37. The van der Waals surface area contributed by atoms with Crippen molar-refractivity contribution < 1.29 is 9.59 Å². The molecule has 0 radical (unpaired) electrons. The van der Waals surface area contributed by atoms with Crippen LogP contribution in [0, 0.1) is 6.92 Å². The SMILES string of the molecule is Cc1cc(C(=O)NC(C)C)ccc1NC(=O)CN.Cl. The molecule has 0 bridgehead atoms. The monoisotopic (exact) mass is 285 g/mol. The molecule has 0 aliphatic carbocycles. The Labute approximate surface area is 119 Å². The highest BCUT2D eigenvalue weighted by molar-refractivity contribution is 5.97. The van der Waals surface area contributed by atoms with Gasteiger partial charge in [-0.25, -0.2) is 0 Å². The summed E-state index contributed by atoms with van der Waals surface area (Å²) in [6.45, 7) is 5.58. The minimum absolute atomic E-state index is 0. The van der Waals surface area contributed by atoms with E-state index in [1.165, 1.54) is 0 Å². The fourth-order valence-electron chi connectivity index (χ4n) is 1.49. The number of carbonyl (C=O) groups excluding carboxylic acids is 2. The van der Waals surface area contributed by atoms with Crippen molar-refractivity contribution in [2.45, 2.75) is 26.8 Å². The van der Waals surface area contributed by atoms with Gasteiger partial charge >= 0.3 is 0 Å². The molecule has 5 nitrogen and oxygen atoms in total. The molecule has 1 aromatic rings. The molecule has 1 rings (SSSR count). The van der Waals surface area contributed by atoms with Gasteiger partial charge in [0.05, 0.1) is 6.54 Å². The molecular formula is C13H20ClN3O2. The first-order valence-corrected chi connectivity index (χ1v) is 5.85. The standard InChI is InChI=1S/C13H19N3O2.ClH/c1-8(2)15-13(18)10-4-5-11(9(3)6-10)16-12(17)7-14;/h4-6,8H,7,14H2,1-3H3,(H,15,18)(H,16,17);1H. The van der Waals surface area contributed by atoms with Crippen LogP contribution in [0.5, 0.6) is 0 Å². The molecule has 0 saturated heterocycles. The van der Waals surface area contributed by atoms with Crippen LogP contribution in [-0.2, 0) is 4.79 Å². The van der Waals surface area contributed by atoms with E-state index in [1.54, 1.807) is 18.2 Å². The summed E-state index contributed by atoms with van der Waals surface area (Å²) in [5, 5.41) is 5.48. The van der Waals surface area contributed by atoms with Crippen LogP contribution < -0.4 is 16.4 Å². The largest absolute Gasteiger partial charge is 0.350 e. The second-order valence-electron chi connectivity index (χ2n) is 4.41. The molecule has 0 spiro atoms. The van der Waals surface area contributed by atoms with Crippen LogP contribution in [0.3, 0.4) is 0 Å². The maximum absolute atomic E-state index is 11.8. The maximum atomic E-state index is 11.8. The second kappa shape index (κ2) is 7.76. The summed E-state index contributed by atoms with van der Waals surface area (Å²) in [7, 11) is 0. The minimum atomic E-state index is -0.252. The molecule has 19 heavy (non-hydrogen) atoms. The van der Waals surface area contributed by atoms with Crippen LogP contribution in [0.15, 0.2) is 18.2 Å².